The number of aromatic hydroxyl groups is 1. The first kappa shape index (κ1) is 16.4. The number of benzene rings is 2. The largest absolute Gasteiger partial charge is 0.508 e. The number of aromatic nitrogens is 1. The summed E-state index contributed by atoms with van der Waals surface area (Å²) in [5.41, 5.74) is 1.97. The Morgan fingerprint density at radius 2 is 2.15 bits per heavy atom. The molecule has 7 heteroatoms. The van der Waals surface area contributed by atoms with Gasteiger partial charge in [0.2, 0.25) is 0 Å². The van der Waals surface area contributed by atoms with E-state index < -0.39 is 5.97 Å². The number of carboxylic acid groups (broad SMARTS) is 1. The van der Waals surface area contributed by atoms with Gasteiger partial charge in [-0.05, 0) is 54.3 Å². The molecule has 1 aromatic heterocycles. The van der Waals surface area contributed by atoms with Crippen LogP contribution in [-0.2, 0) is 6.42 Å². The summed E-state index contributed by atoms with van der Waals surface area (Å²) in [6.45, 7) is 0. The van der Waals surface area contributed by atoms with Gasteiger partial charge in [0.1, 0.15) is 28.2 Å². The molecule has 2 N–H and O–H groups in total. The number of aryl methyl sites for hydroxylation is 1. The molecular weight excluding hydrogens is 354 g/mol. The molecule has 3 aromatic rings. The van der Waals surface area contributed by atoms with E-state index in [2.05, 4.69) is 4.98 Å². The SMILES string of the molecule is O=C(O)c1cnc(Oc2ccc3c(c2)CCC(c2cccc(O)c2)O3)s1. The van der Waals surface area contributed by atoms with Crippen molar-refractivity contribution in [3.05, 3.63) is 64.7 Å². The second kappa shape index (κ2) is 6.68. The molecule has 0 amide bonds. The molecule has 0 spiro atoms. The maximum Gasteiger partial charge on any atom is 0.347 e. The molecule has 0 saturated carbocycles. The zero-order valence-corrected chi connectivity index (χ0v) is 14.4. The molecule has 0 aliphatic carbocycles. The number of fused-ring (bicyclic) bond motifs is 1. The molecule has 1 aliphatic rings. The van der Waals surface area contributed by atoms with Gasteiger partial charge in [-0.1, -0.05) is 23.5 Å². The number of carboxylic acids is 1. The lowest BCUT2D eigenvalue weighted by Gasteiger charge is -2.26. The van der Waals surface area contributed by atoms with Crippen LogP contribution in [0.15, 0.2) is 48.7 Å². The highest BCUT2D eigenvalue weighted by Gasteiger charge is 2.22. The first-order valence-corrected chi connectivity index (χ1v) is 8.85. The first-order valence-electron chi connectivity index (χ1n) is 8.04. The number of hydrogen-bond acceptors (Lipinski definition) is 6. The fourth-order valence-corrected chi connectivity index (χ4v) is 3.52. The summed E-state index contributed by atoms with van der Waals surface area (Å²) >= 11 is 0.984. The smallest absolute Gasteiger partial charge is 0.347 e. The number of aromatic carboxylic acids is 1. The van der Waals surface area contributed by atoms with Gasteiger partial charge in [-0.25, -0.2) is 9.78 Å². The van der Waals surface area contributed by atoms with Crippen molar-refractivity contribution in [1.29, 1.82) is 0 Å². The van der Waals surface area contributed by atoms with Gasteiger partial charge >= 0.3 is 5.97 Å². The molecular formula is C19H15NO5S. The van der Waals surface area contributed by atoms with Crippen molar-refractivity contribution >= 4 is 17.3 Å². The predicted molar refractivity (Wildman–Crippen MR) is 95.4 cm³/mol. The van der Waals surface area contributed by atoms with Gasteiger partial charge in [-0.3, -0.25) is 0 Å². The molecule has 132 valence electrons. The summed E-state index contributed by atoms with van der Waals surface area (Å²) in [5.74, 6) is 0.579. The zero-order chi connectivity index (χ0) is 18.1. The lowest BCUT2D eigenvalue weighted by Crippen LogP contribution is -2.15. The Balaban J connectivity index is 1.50. The third-order valence-electron chi connectivity index (χ3n) is 4.12. The number of carbonyl (C=O) groups is 1. The second-order valence-electron chi connectivity index (χ2n) is 5.91. The average molecular weight is 369 g/mol. The second-order valence-corrected chi connectivity index (χ2v) is 6.90. The molecule has 0 fully saturated rings. The van der Waals surface area contributed by atoms with E-state index in [0.717, 1.165) is 41.1 Å². The monoisotopic (exact) mass is 369 g/mol. The third kappa shape index (κ3) is 3.34. The molecule has 4 rings (SSSR count). The van der Waals surface area contributed by atoms with Crippen molar-refractivity contribution in [2.24, 2.45) is 0 Å². The topological polar surface area (TPSA) is 88.9 Å². The van der Waals surface area contributed by atoms with Crippen molar-refractivity contribution in [1.82, 2.24) is 4.98 Å². The van der Waals surface area contributed by atoms with Crippen molar-refractivity contribution < 1.29 is 24.5 Å². The maximum atomic E-state index is 10.9. The van der Waals surface area contributed by atoms with Crippen LogP contribution in [0.5, 0.6) is 22.4 Å². The van der Waals surface area contributed by atoms with E-state index in [9.17, 15) is 9.90 Å². The van der Waals surface area contributed by atoms with Crippen molar-refractivity contribution in [2.45, 2.75) is 18.9 Å². The molecule has 0 saturated heterocycles. The fourth-order valence-electron chi connectivity index (χ4n) is 2.89. The standard InChI is InChI=1S/C19H15NO5S/c21-13-3-1-2-11(8-13)15-6-4-12-9-14(5-7-16(12)25-15)24-19-20-10-17(26-19)18(22)23/h1-3,5,7-10,15,21H,4,6H2,(H,22,23). The Bertz CT molecular complexity index is 968. The Morgan fingerprint density at radius 1 is 1.27 bits per heavy atom. The van der Waals surface area contributed by atoms with Gasteiger partial charge in [0.05, 0.1) is 6.20 Å². The molecule has 2 heterocycles. The van der Waals surface area contributed by atoms with Crippen molar-refractivity contribution in [3.63, 3.8) is 0 Å². The predicted octanol–water partition coefficient (Wildman–Crippen LogP) is 4.41. The van der Waals surface area contributed by atoms with E-state index in [-0.39, 0.29) is 21.9 Å². The van der Waals surface area contributed by atoms with Crippen molar-refractivity contribution in [3.8, 4) is 22.4 Å². The molecule has 1 aliphatic heterocycles. The van der Waals surface area contributed by atoms with Crippen LogP contribution < -0.4 is 9.47 Å². The molecule has 1 unspecified atom stereocenters. The lowest BCUT2D eigenvalue weighted by atomic mass is 9.97. The maximum absolute atomic E-state index is 10.9. The lowest BCUT2D eigenvalue weighted by molar-refractivity contribution is 0.0702. The summed E-state index contributed by atoms with van der Waals surface area (Å²) in [4.78, 5) is 15.0. The number of rotatable bonds is 4. The van der Waals surface area contributed by atoms with Gasteiger partial charge in [0, 0.05) is 0 Å². The van der Waals surface area contributed by atoms with Gasteiger partial charge in [0.15, 0.2) is 0 Å². The Kier molecular flexibility index (Phi) is 4.22. The van der Waals surface area contributed by atoms with Crippen molar-refractivity contribution in [2.75, 3.05) is 0 Å². The quantitative estimate of drug-likeness (QED) is 0.708. The van der Waals surface area contributed by atoms with E-state index in [1.165, 1.54) is 6.20 Å². The molecule has 26 heavy (non-hydrogen) atoms. The minimum atomic E-state index is -1.02. The molecule has 2 aromatic carbocycles. The normalized spacial score (nSPS) is 15.8. The summed E-state index contributed by atoms with van der Waals surface area (Å²) in [5, 5.41) is 18.9. The summed E-state index contributed by atoms with van der Waals surface area (Å²) in [6, 6.07) is 12.6. The van der Waals surface area contributed by atoms with E-state index >= 15 is 0 Å². The highest BCUT2D eigenvalue weighted by molar-refractivity contribution is 7.15. The number of thiazole rings is 1. The highest BCUT2D eigenvalue weighted by Crippen LogP contribution is 2.38. The van der Waals surface area contributed by atoms with E-state index in [1.54, 1.807) is 24.3 Å². The van der Waals surface area contributed by atoms with Crippen LogP contribution >= 0.6 is 11.3 Å². The van der Waals surface area contributed by atoms with Crippen LogP contribution in [0, 0.1) is 0 Å². The molecule has 0 bridgehead atoms. The number of hydrogen-bond donors (Lipinski definition) is 2. The number of nitrogens with zero attached hydrogens (tertiary/aromatic N) is 1. The third-order valence-corrected chi connectivity index (χ3v) is 4.98. The summed E-state index contributed by atoms with van der Waals surface area (Å²) in [6.07, 6.45) is 2.79. The number of phenolic OH excluding ortho intramolecular Hbond substituents is 1. The minimum Gasteiger partial charge on any atom is -0.508 e. The first-order chi connectivity index (χ1) is 12.6. The summed E-state index contributed by atoms with van der Waals surface area (Å²) < 4.78 is 11.7. The Hall–Kier alpha value is -3.06. The fraction of sp³-hybridized carbons (Fsp3) is 0.158. The van der Waals surface area contributed by atoms with Crippen LogP contribution in [0.3, 0.4) is 0 Å². The van der Waals surface area contributed by atoms with Crippen LogP contribution in [0.2, 0.25) is 0 Å². The van der Waals surface area contributed by atoms with Crippen LogP contribution in [0.4, 0.5) is 0 Å². The molecule has 0 radical (unpaired) electrons. The van der Waals surface area contributed by atoms with E-state index in [4.69, 9.17) is 14.6 Å². The molecule has 1 atom stereocenters. The highest BCUT2D eigenvalue weighted by atomic mass is 32.1. The average Bonchev–Trinajstić information content (AvgIpc) is 3.10. The Labute approximate surface area is 153 Å². The van der Waals surface area contributed by atoms with Crippen LogP contribution in [0.25, 0.3) is 0 Å². The van der Waals surface area contributed by atoms with E-state index in [1.807, 2.05) is 18.2 Å². The van der Waals surface area contributed by atoms with Crippen LogP contribution in [-0.4, -0.2) is 21.2 Å². The van der Waals surface area contributed by atoms with Gasteiger partial charge in [-0.15, -0.1) is 0 Å². The van der Waals surface area contributed by atoms with Crippen LogP contribution in [0.1, 0.15) is 33.3 Å². The van der Waals surface area contributed by atoms with Gasteiger partial charge in [0.25, 0.3) is 5.19 Å². The summed E-state index contributed by atoms with van der Waals surface area (Å²) in [7, 11) is 0. The van der Waals surface area contributed by atoms with Gasteiger partial charge < -0.3 is 19.7 Å². The minimum absolute atomic E-state index is 0.0987. The van der Waals surface area contributed by atoms with E-state index in [0.29, 0.717) is 5.75 Å². The zero-order valence-electron chi connectivity index (χ0n) is 13.6. The number of phenols is 1. The molecule has 6 nitrogen and oxygen atoms in total. The Morgan fingerprint density at radius 3 is 2.92 bits per heavy atom. The number of ether oxygens (including phenoxy) is 2. The van der Waals surface area contributed by atoms with Gasteiger partial charge in [-0.2, -0.15) is 0 Å².